The van der Waals surface area contributed by atoms with Crippen LogP contribution >= 0.6 is 0 Å². The van der Waals surface area contributed by atoms with Crippen molar-refractivity contribution in [1.82, 2.24) is 0 Å². The van der Waals surface area contributed by atoms with Gasteiger partial charge in [-0.05, 0) is 6.92 Å². The largest absolute Gasteiger partial charge is 0.531 e. The van der Waals surface area contributed by atoms with Crippen LogP contribution in [0.5, 0.6) is 0 Å². The molecule has 0 radical (unpaired) electrons. The molecule has 0 atom stereocenters. The molecule has 0 aliphatic rings. The van der Waals surface area contributed by atoms with Crippen LogP contribution in [0.3, 0.4) is 0 Å². The first-order valence-electron chi connectivity index (χ1n) is 2.22. The first-order valence-corrected chi connectivity index (χ1v) is 3.37. The predicted octanol–water partition coefficient (Wildman–Crippen LogP) is 0.182. The highest BCUT2D eigenvalue weighted by atomic mass is 28.3. The summed E-state index contributed by atoms with van der Waals surface area (Å²) in [5.41, 5.74) is 0. The van der Waals surface area contributed by atoms with E-state index in [1.54, 1.807) is 0 Å². The number of hydrogen-bond donors (Lipinski definition) is 0. The fourth-order valence-electron chi connectivity index (χ4n) is 0.180. The van der Waals surface area contributed by atoms with Gasteiger partial charge in [-0.2, -0.15) is 0 Å². The minimum Gasteiger partial charge on any atom is -0.531 e. The van der Waals surface area contributed by atoms with E-state index in [9.17, 15) is 0 Å². The molecule has 2 nitrogen and oxygen atoms in total. The number of hydrogen-bond acceptors (Lipinski definition) is 2. The average molecular weight is 118 g/mol. The van der Waals surface area contributed by atoms with Crippen molar-refractivity contribution in [2.24, 2.45) is 0 Å². The summed E-state index contributed by atoms with van der Waals surface area (Å²) >= 11 is 0. The van der Waals surface area contributed by atoms with Gasteiger partial charge in [-0.15, -0.1) is 0 Å². The van der Waals surface area contributed by atoms with Crippen LogP contribution in [0.1, 0.15) is 6.92 Å². The van der Waals surface area contributed by atoms with E-state index in [2.05, 4.69) is 6.58 Å². The van der Waals surface area contributed by atoms with Crippen LogP contribution in [-0.4, -0.2) is 16.6 Å². The van der Waals surface area contributed by atoms with E-state index < -0.39 is 10.0 Å². The molecule has 0 amide bonds. The second kappa shape index (κ2) is 5.72. The van der Waals surface area contributed by atoms with Crippen molar-refractivity contribution in [3.63, 3.8) is 0 Å². The van der Waals surface area contributed by atoms with Crippen molar-refractivity contribution in [2.75, 3.05) is 6.61 Å². The SMILES string of the molecule is C=CO[SiH2]OCC. The van der Waals surface area contributed by atoms with E-state index in [0.717, 1.165) is 6.61 Å². The van der Waals surface area contributed by atoms with Gasteiger partial charge in [0.15, 0.2) is 0 Å². The van der Waals surface area contributed by atoms with Gasteiger partial charge in [0.05, 0.1) is 6.26 Å². The van der Waals surface area contributed by atoms with Gasteiger partial charge in [-0.1, -0.05) is 6.58 Å². The van der Waals surface area contributed by atoms with Gasteiger partial charge in [0, 0.05) is 6.61 Å². The summed E-state index contributed by atoms with van der Waals surface area (Å²) in [6, 6.07) is 0. The molecular weight excluding hydrogens is 108 g/mol. The van der Waals surface area contributed by atoms with Gasteiger partial charge in [0.25, 0.3) is 0 Å². The molecule has 0 N–H and O–H groups in total. The summed E-state index contributed by atoms with van der Waals surface area (Å²) in [6.45, 7) is 6.06. The van der Waals surface area contributed by atoms with E-state index in [1.165, 1.54) is 6.26 Å². The third kappa shape index (κ3) is 5.72. The summed E-state index contributed by atoms with van der Waals surface area (Å²) in [5.74, 6) is 0. The lowest BCUT2D eigenvalue weighted by Gasteiger charge is -1.95. The lowest BCUT2D eigenvalue weighted by atomic mass is 10.9. The van der Waals surface area contributed by atoms with Crippen LogP contribution in [0.2, 0.25) is 0 Å². The quantitative estimate of drug-likeness (QED) is 0.298. The van der Waals surface area contributed by atoms with Crippen LogP contribution in [0, 0.1) is 0 Å². The molecule has 7 heavy (non-hydrogen) atoms. The Bertz CT molecular complexity index is 47.0. The molecule has 0 unspecified atom stereocenters. The smallest absolute Gasteiger partial charge is 0.365 e. The topological polar surface area (TPSA) is 18.5 Å². The van der Waals surface area contributed by atoms with Gasteiger partial charge >= 0.3 is 10.0 Å². The van der Waals surface area contributed by atoms with Gasteiger partial charge in [0.2, 0.25) is 0 Å². The highest BCUT2D eigenvalue weighted by Crippen LogP contribution is 1.70. The Morgan fingerprint density at radius 1 is 1.86 bits per heavy atom. The second-order valence-corrected chi connectivity index (χ2v) is 1.92. The lowest BCUT2D eigenvalue weighted by molar-refractivity contribution is 0.290. The minimum atomic E-state index is -0.707. The van der Waals surface area contributed by atoms with E-state index in [0.29, 0.717) is 0 Å². The zero-order valence-electron chi connectivity index (χ0n) is 4.52. The third-order valence-electron chi connectivity index (χ3n) is 0.473. The molecule has 0 fully saturated rings. The fraction of sp³-hybridized carbons (Fsp3) is 0.500. The Labute approximate surface area is 46.2 Å². The molecule has 0 saturated heterocycles. The summed E-state index contributed by atoms with van der Waals surface area (Å²) in [4.78, 5) is 0. The highest BCUT2D eigenvalue weighted by molar-refractivity contribution is 6.18. The molecule has 42 valence electrons. The molecule has 0 aromatic carbocycles. The maximum absolute atomic E-state index is 4.92. The predicted molar refractivity (Wildman–Crippen MR) is 31.5 cm³/mol. The molecule has 0 aliphatic carbocycles. The molecular formula is C4H10O2Si. The van der Waals surface area contributed by atoms with E-state index in [-0.39, 0.29) is 0 Å². The van der Waals surface area contributed by atoms with Gasteiger partial charge < -0.3 is 8.85 Å². The normalized spacial score (nSPS) is 9.86. The van der Waals surface area contributed by atoms with E-state index in [1.807, 2.05) is 6.92 Å². The maximum Gasteiger partial charge on any atom is 0.365 e. The zero-order chi connectivity index (χ0) is 5.54. The van der Waals surface area contributed by atoms with Crippen molar-refractivity contribution < 1.29 is 8.85 Å². The summed E-state index contributed by atoms with van der Waals surface area (Å²) in [5, 5.41) is 0. The minimum absolute atomic E-state index is 0.707. The standard InChI is InChI=1S/C4H10O2Si/c1-3-5-7-6-4-2/h3H,1,4,7H2,2H3. The molecule has 3 heteroatoms. The van der Waals surface area contributed by atoms with Gasteiger partial charge in [0.1, 0.15) is 0 Å². The van der Waals surface area contributed by atoms with Crippen LogP contribution in [0.25, 0.3) is 0 Å². The molecule has 0 heterocycles. The highest BCUT2D eigenvalue weighted by Gasteiger charge is 1.76. The Hall–Kier alpha value is -0.283. The molecule has 0 bridgehead atoms. The van der Waals surface area contributed by atoms with Crippen molar-refractivity contribution in [2.45, 2.75) is 6.92 Å². The van der Waals surface area contributed by atoms with Gasteiger partial charge in [-0.25, -0.2) is 0 Å². The van der Waals surface area contributed by atoms with Crippen molar-refractivity contribution in [3.8, 4) is 0 Å². The first-order chi connectivity index (χ1) is 3.41. The van der Waals surface area contributed by atoms with E-state index in [4.69, 9.17) is 8.85 Å². The molecule has 0 spiro atoms. The van der Waals surface area contributed by atoms with Crippen LogP contribution < -0.4 is 0 Å². The summed E-state index contributed by atoms with van der Waals surface area (Å²) in [6.07, 6.45) is 1.42. The van der Waals surface area contributed by atoms with E-state index >= 15 is 0 Å². The summed E-state index contributed by atoms with van der Waals surface area (Å²) in [7, 11) is -0.707. The molecule has 0 saturated carbocycles. The molecule has 0 aromatic rings. The Morgan fingerprint density at radius 3 is 3.00 bits per heavy atom. The first kappa shape index (κ1) is 6.72. The third-order valence-corrected chi connectivity index (χ3v) is 1.42. The maximum atomic E-state index is 4.92. The number of rotatable bonds is 4. The lowest BCUT2D eigenvalue weighted by Crippen LogP contribution is -1.98. The Morgan fingerprint density at radius 2 is 2.57 bits per heavy atom. The summed E-state index contributed by atoms with van der Waals surface area (Å²) < 4.78 is 9.67. The van der Waals surface area contributed by atoms with Crippen molar-refractivity contribution >= 4 is 10.0 Å². The Kier molecular flexibility index (Phi) is 5.49. The fourth-order valence-corrected chi connectivity index (χ4v) is 0.539. The monoisotopic (exact) mass is 118 g/mol. The molecule has 0 aliphatic heterocycles. The van der Waals surface area contributed by atoms with Crippen molar-refractivity contribution in [3.05, 3.63) is 12.8 Å². The molecule has 0 aromatic heterocycles. The zero-order valence-corrected chi connectivity index (χ0v) is 5.93. The van der Waals surface area contributed by atoms with Crippen LogP contribution in [0.4, 0.5) is 0 Å². The molecule has 0 rings (SSSR count). The average Bonchev–Trinajstić information content (AvgIpc) is 1.69. The second-order valence-electron chi connectivity index (χ2n) is 0.944. The van der Waals surface area contributed by atoms with Gasteiger partial charge in [-0.3, -0.25) is 0 Å². The Balaban J connectivity index is 2.56. The van der Waals surface area contributed by atoms with Crippen LogP contribution in [0.15, 0.2) is 12.8 Å². The van der Waals surface area contributed by atoms with Crippen molar-refractivity contribution in [1.29, 1.82) is 0 Å². The van der Waals surface area contributed by atoms with Crippen LogP contribution in [-0.2, 0) is 8.85 Å².